The molecular weight excluding hydrogens is 364 g/mol. The zero-order chi connectivity index (χ0) is 19.9. The second kappa shape index (κ2) is 9.28. The molecule has 4 rings (SSSR count). The minimum absolute atomic E-state index is 0.234. The lowest BCUT2D eigenvalue weighted by Crippen LogP contribution is -2.32. The van der Waals surface area contributed by atoms with Crippen LogP contribution in [0.4, 0.5) is 16.2 Å². The number of urea groups is 1. The highest BCUT2D eigenvalue weighted by Crippen LogP contribution is 2.22. The third-order valence-corrected chi connectivity index (χ3v) is 5.08. The molecule has 2 heterocycles. The number of anilines is 2. The largest absolute Gasteiger partial charge is 0.492 e. The highest BCUT2D eigenvalue weighted by molar-refractivity contribution is 5.89. The number of nitrogens with zero attached hydrogens (tertiary/aromatic N) is 2. The zero-order valence-corrected chi connectivity index (χ0v) is 16.4. The molecule has 6 heteroatoms. The fourth-order valence-electron chi connectivity index (χ4n) is 3.56. The molecule has 0 radical (unpaired) electrons. The Balaban J connectivity index is 1.20. The summed E-state index contributed by atoms with van der Waals surface area (Å²) in [5.41, 5.74) is 2.93. The topological polar surface area (TPSA) is 66.5 Å². The minimum atomic E-state index is -0.234. The number of ether oxygens (including phenoxy) is 1. The van der Waals surface area contributed by atoms with Crippen LogP contribution in [0.25, 0.3) is 10.9 Å². The van der Waals surface area contributed by atoms with Crippen molar-refractivity contribution in [2.24, 2.45) is 0 Å². The molecule has 0 spiro atoms. The zero-order valence-electron chi connectivity index (χ0n) is 16.4. The number of benzene rings is 2. The van der Waals surface area contributed by atoms with Crippen molar-refractivity contribution in [2.45, 2.75) is 19.3 Å². The number of hydrogen-bond donors (Lipinski definition) is 2. The molecule has 0 aliphatic carbocycles. The lowest BCUT2D eigenvalue weighted by Gasteiger charge is -2.28. The van der Waals surface area contributed by atoms with E-state index in [4.69, 9.17) is 4.74 Å². The van der Waals surface area contributed by atoms with Gasteiger partial charge >= 0.3 is 6.03 Å². The summed E-state index contributed by atoms with van der Waals surface area (Å²) in [6.07, 6.45) is 5.59. The van der Waals surface area contributed by atoms with E-state index in [2.05, 4.69) is 32.7 Å². The lowest BCUT2D eigenvalue weighted by atomic mass is 10.1. The predicted molar refractivity (Wildman–Crippen MR) is 117 cm³/mol. The van der Waals surface area contributed by atoms with Crippen LogP contribution in [0.3, 0.4) is 0 Å². The maximum atomic E-state index is 12.1. The van der Waals surface area contributed by atoms with Crippen LogP contribution in [0.5, 0.6) is 5.75 Å². The molecule has 0 bridgehead atoms. The Hall–Kier alpha value is -3.28. The first-order valence-corrected chi connectivity index (χ1v) is 10.2. The molecule has 1 saturated heterocycles. The SMILES string of the molecule is O=C(NCCOc1ccc2ncccc2c1)Nc1ccc(N2CCCCC2)cc1. The number of piperidine rings is 1. The van der Waals surface area contributed by atoms with Gasteiger partial charge in [-0.3, -0.25) is 4.98 Å². The summed E-state index contributed by atoms with van der Waals surface area (Å²) in [5.74, 6) is 0.765. The van der Waals surface area contributed by atoms with E-state index in [-0.39, 0.29) is 6.03 Å². The Kier molecular flexibility index (Phi) is 6.10. The third-order valence-electron chi connectivity index (χ3n) is 5.08. The van der Waals surface area contributed by atoms with E-state index in [1.807, 2.05) is 42.5 Å². The standard InChI is InChI=1S/C23H26N4O2/c28-23(26-19-6-8-20(9-7-19)27-14-2-1-3-15-27)25-13-16-29-21-10-11-22-18(17-21)5-4-12-24-22/h4-12,17H,1-3,13-16H2,(H2,25,26,28). The van der Waals surface area contributed by atoms with Gasteiger partial charge in [-0.2, -0.15) is 0 Å². The summed E-state index contributed by atoms with van der Waals surface area (Å²) in [5, 5.41) is 6.71. The number of carbonyl (C=O) groups excluding carboxylic acids is 1. The molecule has 0 atom stereocenters. The first kappa shape index (κ1) is 19.1. The molecular formula is C23H26N4O2. The van der Waals surface area contributed by atoms with E-state index >= 15 is 0 Å². The van der Waals surface area contributed by atoms with Crippen molar-refractivity contribution in [1.29, 1.82) is 0 Å². The van der Waals surface area contributed by atoms with Crippen LogP contribution in [0.15, 0.2) is 60.8 Å². The van der Waals surface area contributed by atoms with Crippen LogP contribution in [0, 0.1) is 0 Å². The van der Waals surface area contributed by atoms with E-state index in [1.54, 1.807) is 6.20 Å². The van der Waals surface area contributed by atoms with E-state index in [1.165, 1.54) is 24.9 Å². The summed E-state index contributed by atoms with van der Waals surface area (Å²) in [6.45, 7) is 3.04. The van der Waals surface area contributed by atoms with Crippen LogP contribution in [-0.2, 0) is 0 Å². The number of hydrogen-bond acceptors (Lipinski definition) is 4. The van der Waals surface area contributed by atoms with Crippen LogP contribution >= 0.6 is 0 Å². The van der Waals surface area contributed by atoms with Gasteiger partial charge in [0.2, 0.25) is 0 Å². The summed E-state index contributed by atoms with van der Waals surface area (Å²) in [7, 11) is 0. The summed E-state index contributed by atoms with van der Waals surface area (Å²) >= 11 is 0. The quantitative estimate of drug-likeness (QED) is 0.611. The van der Waals surface area contributed by atoms with Crippen LogP contribution in [-0.4, -0.2) is 37.3 Å². The molecule has 29 heavy (non-hydrogen) atoms. The van der Waals surface area contributed by atoms with Crippen molar-refractivity contribution in [2.75, 3.05) is 36.5 Å². The van der Waals surface area contributed by atoms with Crippen LogP contribution < -0.4 is 20.3 Å². The van der Waals surface area contributed by atoms with Crippen molar-refractivity contribution in [3.8, 4) is 5.75 Å². The second-order valence-electron chi connectivity index (χ2n) is 7.18. The maximum absolute atomic E-state index is 12.1. The summed E-state index contributed by atoms with van der Waals surface area (Å²) < 4.78 is 5.72. The Bertz CT molecular complexity index is 953. The number of nitrogens with one attached hydrogen (secondary N) is 2. The summed E-state index contributed by atoms with van der Waals surface area (Å²) in [4.78, 5) is 18.8. The van der Waals surface area contributed by atoms with Crippen LogP contribution in [0.2, 0.25) is 0 Å². The number of pyridine rings is 1. The number of rotatable bonds is 6. The van der Waals surface area contributed by atoms with Crippen molar-refractivity contribution in [3.63, 3.8) is 0 Å². The van der Waals surface area contributed by atoms with Crippen molar-refractivity contribution < 1.29 is 9.53 Å². The first-order valence-electron chi connectivity index (χ1n) is 10.2. The average Bonchev–Trinajstić information content (AvgIpc) is 2.78. The van der Waals surface area contributed by atoms with Gasteiger partial charge in [0, 0.05) is 36.0 Å². The molecule has 3 aromatic rings. The van der Waals surface area contributed by atoms with Crippen molar-refractivity contribution in [3.05, 3.63) is 60.8 Å². The number of carbonyl (C=O) groups is 1. The van der Waals surface area contributed by atoms with Gasteiger partial charge in [0.05, 0.1) is 12.1 Å². The average molecular weight is 390 g/mol. The number of amides is 2. The molecule has 0 saturated carbocycles. The first-order chi connectivity index (χ1) is 14.3. The Morgan fingerprint density at radius 3 is 2.69 bits per heavy atom. The Morgan fingerprint density at radius 2 is 1.86 bits per heavy atom. The van der Waals surface area contributed by atoms with E-state index in [9.17, 15) is 4.79 Å². The van der Waals surface area contributed by atoms with Gasteiger partial charge in [0.15, 0.2) is 0 Å². The van der Waals surface area contributed by atoms with Gasteiger partial charge in [0.25, 0.3) is 0 Å². The van der Waals surface area contributed by atoms with Gasteiger partial charge in [0.1, 0.15) is 12.4 Å². The molecule has 150 valence electrons. The van der Waals surface area contributed by atoms with E-state index in [0.29, 0.717) is 13.2 Å². The van der Waals surface area contributed by atoms with Gasteiger partial charge in [-0.1, -0.05) is 6.07 Å². The fraction of sp³-hybridized carbons (Fsp3) is 0.304. The van der Waals surface area contributed by atoms with Crippen LogP contribution in [0.1, 0.15) is 19.3 Å². The van der Waals surface area contributed by atoms with Crippen molar-refractivity contribution in [1.82, 2.24) is 10.3 Å². The highest BCUT2D eigenvalue weighted by Gasteiger charge is 2.10. The second-order valence-corrected chi connectivity index (χ2v) is 7.18. The molecule has 6 nitrogen and oxygen atoms in total. The molecule has 1 aromatic heterocycles. The fourth-order valence-corrected chi connectivity index (χ4v) is 3.56. The predicted octanol–water partition coefficient (Wildman–Crippen LogP) is 4.43. The van der Waals surface area contributed by atoms with Gasteiger partial charge < -0.3 is 20.3 Å². The van der Waals surface area contributed by atoms with Gasteiger partial charge in [-0.15, -0.1) is 0 Å². The smallest absolute Gasteiger partial charge is 0.319 e. The highest BCUT2D eigenvalue weighted by atomic mass is 16.5. The summed E-state index contributed by atoms with van der Waals surface area (Å²) in [6, 6.07) is 17.5. The molecule has 1 aliphatic heterocycles. The van der Waals surface area contributed by atoms with E-state index < -0.39 is 0 Å². The van der Waals surface area contributed by atoms with Crippen molar-refractivity contribution >= 4 is 28.3 Å². The number of aromatic nitrogens is 1. The Labute approximate surface area is 170 Å². The monoisotopic (exact) mass is 390 g/mol. The normalized spacial score (nSPS) is 13.9. The maximum Gasteiger partial charge on any atom is 0.319 e. The molecule has 2 aromatic carbocycles. The van der Waals surface area contributed by atoms with E-state index in [0.717, 1.165) is 35.4 Å². The third kappa shape index (κ3) is 5.16. The lowest BCUT2D eigenvalue weighted by molar-refractivity contribution is 0.247. The molecule has 2 N–H and O–H groups in total. The molecule has 1 aliphatic rings. The minimum Gasteiger partial charge on any atom is -0.492 e. The number of fused-ring (bicyclic) bond motifs is 1. The molecule has 0 unspecified atom stereocenters. The molecule has 1 fully saturated rings. The Morgan fingerprint density at radius 1 is 1.03 bits per heavy atom. The van der Waals surface area contributed by atoms with Gasteiger partial charge in [-0.25, -0.2) is 4.79 Å². The molecule has 2 amide bonds. The van der Waals surface area contributed by atoms with Gasteiger partial charge in [-0.05, 0) is 67.8 Å².